The number of hydrogen-bond acceptors (Lipinski definition) is 4. The number of thioether (sulfide) groups is 1. The second kappa shape index (κ2) is 4.63. The van der Waals surface area contributed by atoms with Crippen molar-refractivity contribution in [2.24, 2.45) is 7.05 Å². The third-order valence-corrected chi connectivity index (χ3v) is 4.40. The van der Waals surface area contributed by atoms with E-state index in [4.69, 9.17) is 0 Å². The molecule has 0 atom stereocenters. The minimum Gasteiger partial charge on any atom is -0.389 e. The average molecular weight is 243 g/mol. The number of aliphatic hydroxyl groups is 1. The summed E-state index contributed by atoms with van der Waals surface area (Å²) in [5, 5.41) is 17.2. The zero-order chi connectivity index (χ0) is 11.6. The molecule has 6 heteroatoms. The smallest absolute Gasteiger partial charge is 0.343 e. The van der Waals surface area contributed by atoms with Crippen molar-refractivity contribution in [2.75, 3.05) is 5.75 Å². The van der Waals surface area contributed by atoms with Crippen LogP contribution in [0.25, 0.3) is 0 Å². The van der Waals surface area contributed by atoms with E-state index in [1.165, 1.54) is 22.7 Å². The summed E-state index contributed by atoms with van der Waals surface area (Å²) < 4.78 is 1.47. The molecule has 0 saturated heterocycles. The maximum atomic E-state index is 11.1. The van der Waals surface area contributed by atoms with E-state index >= 15 is 0 Å². The summed E-state index contributed by atoms with van der Waals surface area (Å²) in [4.78, 5) is 11.1. The highest BCUT2D eigenvalue weighted by atomic mass is 32.2. The molecule has 16 heavy (non-hydrogen) atoms. The molecule has 2 N–H and O–H groups in total. The molecule has 0 bridgehead atoms. The van der Waals surface area contributed by atoms with Gasteiger partial charge in [-0.15, -0.1) is 5.10 Å². The number of aromatic amines is 1. The number of nitrogens with one attached hydrogen (secondary N) is 1. The second-order valence-corrected chi connectivity index (χ2v) is 5.39. The number of hydrogen-bond donors (Lipinski definition) is 2. The van der Waals surface area contributed by atoms with Gasteiger partial charge < -0.3 is 5.11 Å². The minimum atomic E-state index is -0.572. The molecule has 2 rings (SSSR count). The Labute approximate surface area is 98.3 Å². The van der Waals surface area contributed by atoms with Crippen LogP contribution in [0.15, 0.2) is 9.95 Å². The standard InChI is InChI=1S/C10H17N3O2S/c1-13-8(14)11-12-9(13)16-7-10(15)5-3-2-4-6-10/h15H,2-7H2,1H3,(H,11,14). The lowest BCUT2D eigenvalue weighted by atomic mass is 9.86. The molecule has 1 aliphatic rings. The fraction of sp³-hybridized carbons (Fsp3) is 0.800. The third-order valence-electron chi connectivity index (χ3n) is 3.09. The van der Waals surface area contributed by atoms with E-state index in [9.17, 15) is 9.90 Å². The second-order valence-electron chi connectivity index (χ2n) is 4.44. The Morgan fingerprint density at radius 1 is 1.50 bits per heavy atom. The van der Waals surface area contributed by atoms with Gasteiger partial charge in [-0.2, -0.15) is 0 Å². The van der Waals surface area contributed by atoms with Gasteiger partial charge in [-0.25, -0.2) is 9.89 Å². The Bertz CT molecular complexity index is 406. The summed E-state index contributed by atoms with van der Waals surface area (Å²) in [5.74, 6) is 0.616. The molecule has 0 amide bonds. The summed E-state index contributed by atoms with van der Waals surface area (Å²) in [6.07, 6.45) is 5.12. The molecule has 1 heterocycles. The van der Waals surface area contributed by atoms with E-state index in [-0.39, 0.29) is 5.69 Å². The van der Waals surface area contributed by atoms with E-state index < -0.39 is 5.60 Å². The first kappa shape index (κ1) is 11.7. The summed E-state index contributed by atoms with van der Waals surface area (Å²) >= 11 is 1.44. The van der Waals surface area contributed by atoms with Crippen molar-refractivity contribution in [3.63, 3.8) is 0 Å². The lowest BCUT2D eigenvalue weighted by Crippen LogP contribution is -2.34. The van der Waals surface area contributed by atoms with Crippen LogP contribution in [0.1, 0.15) is 32.1 Å². The van der Waals surface area contributed by atoms with E-state index in [0.717, 1.165) is 25.7 Å². The highest BCUT2D eigenvalue weighted by molar-refractivity contribution is 7.99. The Morgan fingerprint density at radius 3 is 2.75 bits per heavy atom. The van der Waals surface area contributed by atoms with Crippen molar-refractivity contribution in [1.82, 2.24) is 14.8 Å². The van der Waals surface area contributed by atoms with Crippen LogP contribution < -0.4 is 5.69 Å². The fourth-order valence-electron chi connectivity index (χ4n) is 2.01. The van der Waals surface area contributed by atoms with Gasteiger partial charge in [0.15, 0.2) is 5.16 Å². The van der Waals surface area contributed by atoms with Crippen molar-refractivity contribution in [3.05, 3.63) is 10.5 Å². The van der Waals surface area contributed by atoms with E-state index in [2.05, 4.69) is 10.2 Å². The summed E-state index contributed by atoms with van der Waals surface area (Å²) in [7, 11) is 1.68. The van der Waals surface area contributed by atoms with Gasteiger partial charge in [-0.3, -0.25) is 4.57 Å². The normalized spacial score (nSPS) is 19.9. The average Bonchev–Trinajstić information content (AvgIpc) is 2.58. The van der Waals surface area contributed by atoms with E-state index in [1.807, 2.05) is 0 Å². The monoisotopic (exact) mass is 243 g/mol. The molecule has 0 spiro atoms. The van der Waals surface area contributed by atoms with Gasteiger partial charge in [-0.05, 0) is 12.8 Å². The zero-order valence-corrected chi connectivity index (χ0v) is 10.2. The van der Waals surface area contributed by atoms with Crippen molar-refractivity contribution in [1.29, 1.82) is 0 Å². The van der Waals surface area contributed by atoms with Gasteiger partial charge in [0.1, 0.15) is 0 Å². The van der Waals surface area contributed by atoms with Crippen LogP contribution in [-0.2, 0) is 7.05 Å². The quantitative estimate of drug-likeness (QED) is 0.774. The molecule has 0 unspecified atom stereocenters. The van der Waals surface area contributed by atoms with Crippen LogP contribution in [-0.4, -0.2) is 31.2 Å². The van der Waals surface area contributed by atoms with E-state index in [0.29, 0.717) is 10.9 Å². The first-order valence-corrected chi connectivity index (χ1v) is 6.56. The lowest BCUT2D eigenvalue weighted by molar-refractivity contribution is 0.0272. The number of rotatable bonds is 3. The van der Waals surface area contributed by atoms with Crippen LogP contribution in [0.5, 0.6) is 0 Å². The lowest BCUT2D eigenvalue weighted by Gasteiger charge is -2.31. The van der Waals surface area contributed by atoms with Crippen molar-refractivity contribution >= 4 is 11.8 Å². The molecule has 0 aliphatic heterocycles. The summed E-state index contributed by atoms with van der Waals surface area (Å²) in [6.45, 7) is 0. The SMILES string of the molecule is Cn1c(SCC2(O)CCCCC2)n[nH]c1=O. The summed E-state index contributed by atoms with van der Waals surface area (Å²) in [6, 6.07) is 0. The maximum absolute atomic E-state index is 11.1. The van der Waals surface area contributed by atoms with Crippen LogP contribution in [0, 0.1) is 0 Å². The molecule has 1 aromatic heterocycles. The van der Waals surface area contributed by atoms with Gasteiger partial charge in [0, 0.05) is 12.8 Å². The van der Waals surface area contributed by atoms with Crippen LogP contribution in [0.2, 0.25) is 0 Å². The van der Waals surface area contributed by atoms with Crippen LogP contribution in [0.4, 0.5) is 0 Å². The Hall–Kier alpha value is -0.750. The molecule has 0 aromatic carbocycles. The van der Waals surface area contributed by atoms with Crippen molar-refractivity contribution in [3.8, 4) is 0 Å². The first-order chi connectivity index (χ1) is 7.61. The van der Waals surface area contributed by atoms with Gasteiger partial charge in [0.2, 0.25) is 0 Å². The number of aromatic nitrogens is 3. The number of H-pyrrole nitrogens is 1. The van der Waals surface area contributed by atoms with Gasteiger partial charge in [0.05, 0.1) is 5.60 Å². The predicted octanol–water partition coefficient (Wildman–Crippen LogP) is 0.896. The van der Waals surface area contributed by atoms with Crippen LogP contribution >= 0.6 is 11.8 Å². The Kier molecular flexibility index (Phi) is 3.39. The molecule has 90 valence electrons. The topological polar surface area (TPSA) is 70.9 Å². The highest BCUT2D eigenvalue weighted by Crippen LogP contribution is 2.32. The molecule has 0 radical (unpaired) electrons. The van der Waals surface area contributed by atoms with Gasteiger partial charge >= 0.3 is 5.69 Å². The van der Waals surface area contributed by atoms with E-state index in [1.54, 1.807) is 7.05 Å². The molecule has 1 aromatic rings. The van der Waals surface area contributed by atoms with Crippen molar-refractivity contribution in [2.45, 2.75) is 42.9 Å². The predicted molar refractivity (Wildman–Crippen MR) is 62.6 cm³/mol. The Morgan fingerprint density at radius 2 is 2.19 bits per heavy atom. The molecule has 1 saturated carbocycles. The van der Waals surface area contributed by atoms with Crippen molar-refractivity contribution < 1.29 is 5.11 Å². The molecule has 1 aliphatic carbocycles. The summed E-state index contributed by atoms with van der Waals surface area (Å²) in [5.41, 5.74) is -0.782. The molecular formula is C10H17N3O2S. The number of nitrogens with zero attached hydrogens (tertiary/aromatic N) is 2. The highest BCUT2D eigenvalue weighted by Gasteiger charge is 2.29. The zero-order valence-electron chi connectivity index (χ0n) is 9.40. The molecule has 1 fully saturated rings. The largest absolute Gasteiger partial charge is 0.389 e. The fourth-order valence-corrected chi connectivity index (χ4v) is 3.09. The van der Waals surface area contributed by atoms with Gasteiger partial charge in [-0.1, -0.05) is 31.0 Å². The van der Waals surface area contributed by atoms with Crippen LogP contribution in [0.3, 0.4) is 0 Å². The van der Waals surface area contributed by atoms with Gasteiger partial charge in [0.25, 0.3) is 0 Å². The minimum absolute atomic E-state index is 0.210. The molecular weight excluding hydrogens is 226 g/mol. The molecule has 5 nitrogen and oxygen atoms in total. The third kappa shape index (κ3) is 2.49. The first-order valence-electron chi connectivity index (χ1n) is 5.57. The Balaban J connectivity index is 1.96. The maximum Gasteiger partial charge on any atom is 0.343 e.